The molecule has 0 radical (unpaired) electrons. The number of hydrogen-bond acceptors (Lipinski definition) is 2. The third-order valence-corrected chi connectivity index (χ3v) is 3.00. The Labute approximate surface area is 94.0 Å². The van der Waals surface area contributed by atoms with E-state index in [0.717, 1.165) is 12.0 Å². The lowest BCUT2D eigenvalue weighted by Gasteiger charge is -2.18. The number of phenols is 1. The van der Waals surface area contributed by atoms with Gasteiger partial charge in [-0.15, -0.1) is 0 Å². The number of rotatable bonds is 2. The number of phenolic OH excluding ortho intramolecular Hbond substituents is 1. The largest absolute Gasteiger partial charge is 0.508 e. The molecule has 1 aromatic rings. The van der Waals surface area contributed by atoms with Crippen molar-refractivity contribution in [2.24, 2.45) is 5.92 Å². The third kappa shape index (κ3) is 2.24. The molecule has 0 aromatic heterocycles. The van der Waals surface area contributed by atoms with E-state index in [0.29, 0.717) is 12.8 Å². The molecule has 0 bridgehead atoms. The summed E-state index contributed by atoms with van der Waals surface area (Å²) in [4.78, 5) is 10.8. The number of aliphatic carboxylic acids is 1. The number of hydrogen-bond donors (Lipinski definition) is 2. The van der Waals surface area contributed by atoms with Crippen molar-refractivity contribution in [3.05, 3.63) is 35.9 Å². The molecule has 0 aliphatic heterocycles. The summed E-state index contributed by atoms with van der Waals surface area (Å²) in [5, 5.41) is 18.0. The van der Waals surface area contributed by atoms with Crippen LogP contribution in [0, 0.1) is 5.92 Å². The maximum Gasteiger partial charge on any atom is 0.306 e. The lowest BCUT2D eigenvalue weighted by atomic mass is 9.87. The minimum Gasteiger partial charge on any atom is -0.508 e. The van der Waals surface area contributed by atoms with Crippen LogP contribution in [0.3, 0.4) is 0 Å². The number of carboxylic acids is 1. The van der Waals surface area contributed by atoms with Gasteiger partial charge in [0.05, 0.1) is 5.92 Å². The van der Waals surface area contributed by atoms with Crippen LogP contribution in [0.4, 0.5) is 0 Å². The molecule has 84 valence electrons. The highest BCUT2D eigenvalue weighted by Crippen LogP contribution is 2.30. The van der Waals surface area contributed by atoms with Gasteiger partial charge >= 0.3 is 5.97 Å². The van der Waals surface area contributed by atoms with E-state index in [4.69, 9.17) is 5.11 Å². The zero-order valence-electron chi connectivity index (χ0n) is 8.89. The first kappa shape index (κ1) is 10.7. The Kier molecular flexibility index (Phi) is 2.95. The Morgan fingerprint density at radius 2 is 1.94 bits per heavy atom. The summed E-state index contributed by atoms with van der Waals surface area (Å²) in [6, 6.07) is 7.03. The molecule has 1 aromatic carbocycles. The smallest absolute Gasteiger partial charge is 0.306 e. The predicted molar refractivity (Wildman–Crippen MR) is 61.1 cm³/mol. The number of allylic oxidation sites excluding steroid dienone is 2. The Balaban J connectivity index is 2.13. The van der Waals surface area contributed by atoms with Crippen LogP contribution >= 0.6 is 0 Å². The van der Waals surface area contributed by atoms with E-state index < -0.39 is 5.97 Å². The van der Waals surface area contributed by atoms with Gasteiger partial charge in [0.1, 0.15) is 5.75 Å². The van der Waals surface area contributed by atoms with Gasteiger partial charge in [0.2, 0.25) is 0 Å². The lowest BCUT2D eigenvalue weighted by molar-refractivity contribution is -0.141. The summed E-state index contributed by atoms with van der Waals surface area (Å²) in [5.74, 6) is -0.689. The van der Waals surface area contributed by atoms with Crippen molar-refractivity contribution in [3.8, 4) is 5.75 Å². The second-order valence-electron chi connectivity index (χ2n) is 4.09. The molecule has 1 aliphatic carbocycles. The van der Waals surface area contributed by atoms with Gasteiger partial charge in [0, 0.05) is 0 Å². The van der Waals surface area contributed by atoms with Crippen LogP contribution in [0.5, 0.6) is 5.75 Å². The first-order valence-electron chi connectivity index (χ1n) is 5.38. The van der Waals surface area contributed by atoms with Crippen LogP contribution < -0.4 is 0 Å². The van der Waals surface area contributed by atoms with Crippen molar-refractivity contribution in [1.29, 1.82) is 0 Å². The van der Waals surface area contributed by atoms with Gasteiger partial charge in [-0.2, -0.15) is 0 Å². The van der Waals surface area contributed by atoms with Crippen molar-refractivity contribution >= 4 is 11.5 Å². The molecule has 0 saturated carbocycles. The Bertz CT molecular complexity index is 417. The summed E-state index contributed by atoms with van der Waals surface area (Å²) in [6.45, 7) is 0. The number of benzene rings is 1. The molecule has 1 unspecified atom stereocenters. The topological polar surface area (TPSA) is 57.5 Å². The summed E-state index contributed by atoms with van der Waals surface area (Å²) >= 11 is 0. The Morgan fingerprint density at radius 3 is 2.44 bits per heavy atom. The highest BCUT2D eigenvalue weighted by molar-refractivity contribution is 5.74. The average Bonchev–Trinajstić information content (AvgIpc) is 2.30. The highest BCUT2D eigenvalue weighted by Gasteiger charge is 2.20. The zero-order chi connectivity index (χ0) is 11.5. The SMILES string of the molecule is O=C(O)C1CC=C(c2ccc(O)cc2)CC1. The van der Waals surface area contributed by atoms with Crippen LogP contribution in [0.1, 0.15) is 24.8 Å². The van der Waals surface area contributed by atoms with E-state index in [1.807, 2.05) is 18.2 Å². The predicted octanol–water partition coefficient (Wildman–Crippen LogP) is 2.66. The van der Waals surface area contributed by atoms with Gasteiger partial charge in [-0.25, -0.2) is 0 Å². The van der Waals surface area contributed by atoms with E-state index >= 15 is 0 Å². The second-order valence-corrected chi connectivity index (χ2v) is 4.09. The summed E-state index contributed by atoms with van der Waals surface area (Å²) in [7, 11) is 0. The molecule has 3 nitrogen and oxygen atoms in total. The average molecular weight is 218 g/mol. The molecular weight excluding hydrogens is 204 g/mol. The molecule has 2 rings (SSSR count). The van der Waals surface area contributed by atoms with E-state index in [1.165, 1.54) is 5.57 Å². The lowest BCUT2D eigenvalue weighted by Crippen LogP contribution is -2.15. The minimum absolute atomic E-state index is 0.235. The molecule has 0 saturated heterocycles. The van der Waals surface area contributed by atoms with Crippen LogP contribution in [-0.2, 0) is 4.79 Å². The third-order valence-electron chi connectivity index (χ3n) is 3.00. The summed E-state index contributed by atoms with van der Waals surface area (Å²) in [5.41, 5.74) is 2.25. The molecule has 16 heavy (non-hydrogen) atoms. The zero-order valence-corrected chi connectivity index (χ0v) is 8.89. The first-order chi connectivity index (χ1) is 7.66. The molecule has 0 heterocycles. The fourth-order valence-corrected chi connectivity index (χ4v) is 2.00. The van der Waals surface area contributed by atoms with Gasteiger partial charge < -0.3 is 10.2 Å². The summed E-state index contributed by atoms with van der Waals surface area (Å²) < 4.78 is 0. The molecular formula is C13H14O3. The highest BCUT2D eigenvalue weighted by atomic mass is 16.4. The molecule has 1 aliphatic rings. The number of carbonyl (C=O) groups is 1. The maximum absolute atomic E-state index is 10.8. The van der Waals surface area contributed by atoms with Gasteiger partial charge in [-0.1, -0.05) is 18.2 Å². The van der Waals surface area contributed by atoms with Crippen molar-refractivity contribution < 1.29 is 15.0 Å². The van der Waals surface area contributed by atoms with Gasteiger partial charge in [-0.05, 0) is 42.5 Å². The number of aromatic hydroxyl groups is 1. The second kappa shape index (κ2) is 4.39. The maximum atomic E-state index is 10.8. The van der Waals surface area contributed by atoms with E-state index in [9.17, 15) is 9.90 Å². The summed E-state index contributed by atoms with van der Waals surface area (Å²) in [6.07, 6.45) is 4.09. The standard InChI is InChI=1S/C13H14O3/c14-12-7-5-10(6-8-12)9-1-3-11(4-2-9)13(15)16/h1,5-8,11,14H,2-4H2,(H,15,16). The minimum atomic E-state index is -0.707. The van der Waals surface area contributed by atoms with Gasteiger partial charge in [-0.3, -0.25) is 4.79 Å². The van der Waals surface area contributed by atoms with E-state index in [1.54, 1.807) is 12.1 Å². The fraction of sp³-hybridized carbons (Fsp3) is 0.308. The van der Waals surface area contributed by atoms with E-state index in [-0.39, 0.29) is 11.7 Å². The molecule has 3 heteroatoms. The van der Waals surface area contributed by atoms with Crippen LogP contribution in [0.2, 0.25) is 0 Å². The molecule has 0 fully saturated rings. The van der Waals surface area contributed by atoms with Gasteiger partial charge in [0.15, 0.2) is 0 Å². The van der Waals surface area contributed by atoms with E-state index in [2.05, 4.69) is 0 Å². The number of carboxylic acid groups (broad SMARTS) is 1. The van der Waals surface area contributed by atoms with Crippen LogP contribution in [0.25, 0.3) is 5.57 Å². The fourth-order valence-electron chi connectivity index (χ4n) is 2.00. The molecule has 0 amide bonds. The molecule has 1 atom stereocenters. The van der Waals surface area contributed by atoms with Crippen molar-refractivity contribution in [3.63, 3.8) is 0 Å². The Morgan fingerprint density at radius 1 is 1.25 bits per heavy atom. The normalized spacial score (nSPS) is 20.2. The molecule has 2 N–H and O–H groups in total. The monoisotopic (exact) mass is 218 g/mol. The Hall–Kier alpha value is -1.77. The van der Waals surface area contributed by atoms with Crippen LogP contribution in [-0.4, -0.2) is 16.2 Å². The molecule has 0 spiro atoms. The van der Waals surface area contributed by atoms with Crippen molar-refractivity contribution in [2.45, 2.75) is 19.3 Å². The quantitative estimate of drug-likeness (QED) is 0.802. The van der Waals surface area contributed by atoms with Crippen LogP contribution in [0.15, 0.2) is 30.3 Å². The van der Waals surface area contributed by atoms with Crippen molar-refractivity contribution in [1.82, 2.24) is 0 Å². The first-order valence-corrected chi connectivity index (χ1v) is 5.38. The van der Waals surface area contributed by atoms with Crippen molar-refractivity contribution in [2.75, 3.05) is 0 Å². The van der Waals surface area contributed by atoms with Gasteiger partial charge in [0.25, 0.3) is 0 Å².